The van der Waals surface area contributed by atoms with Crippen LogP contribution in [0.15, 0.2) is 41.6 Å². The van der Waals surface area contributed by atoms with Gasteiger partial charge in [0.05, 0.1) is 18.1 Å². The van der Waals surface area contributed by atoms with Crippen LogP contribution in [0, 0.1) is 6.92 Å². The van der Waals surface area contributed by atoms with Gasteiger partial charge < -0.3 is 4.90 Å². The number of hydrogen-bond acceptors (Lipinski definition) is 4. The molecule has 26 heavy (non-hydrogen) atoms. The van der Waals surface area contributed by atoms with E-state index in [1.54, 1.807) is 15.2 Å². The van der Waals surface area contributed by atoms with Crippen LogP contribution in [-0.4, -0.2) is 59.6 Å². The van der Waals surface area contributed by atoms with Gasteiger partial charge in [0.15, 0.2) is 0 Å². The maximum absolute atomic E-state index is 13.2. The second-order valence-electron chi connectivity index (χ2n) is 7.38. The summed E-state index contributed by atoms with van der Waals surface area (Å²) < 4.78 is 29.7. The minimum absolute atomic E-state index is 0.0841. The van der Waals surface area contributed by atoms with Crippen LogP contribution in [0.2, 0.25) is 0 Å². The molecule has 1 aromatic heterocycles. The van der Waals surface area contributed by atoms with Gasteiger partial charge in [-0.3, -0.25) is 0 Å². The molecule has 0 bridgehead atoms. The number of aromatic nitrogens is 2. The fraction of sp³-hybridized carbons (Fsp3) is 0.526. The molecular weight excluding hydrogens is 348 g/mol. The molecule has 1 atom stereocenters. The second kappa shape index (κ2) is 7.13. The smallest absolute Gasteiger partial charge is 0.246 e. The summed E-state index contributed by atoms with van der Waals surface area (Å²) in [5.74, 6) is 0. The highest BCUT2D eigenvalue weighted by atomic mass is 32.2. The van der Waals surface area contributed by atoms with Gasteiger partial charge in [-0.15, -0.1) is 0 Å². The highest BCUT2D eigenvalue weighted by Gasteiger charge is 2.37. The summed E-state index contributed by atoms with van der Waals surface area (Å²) in [7, 11) is -3.50. The van der Waals surface area contributed by atoms with E-state index < -0.39 is 10.0 Å². The van der Waals surface area contributed by atoms with E-state index in [2.05, 4.69) is 10.00 Å². The van der Waals surface area contributed by atoms with Crippen LogP contribution >= 0.6 is 0 Å². The highest BCUT2D eigenvalue weighted by Crippen LogP contribution is 2.27. The first kappa shape index (κ1) is 17.7. The minimum atomic E-state index is -3.50. The summed E-state index contributed by atoms with van der Waals surface area (Å²) in [6.45, 7) is 5.67. The minimum Gasteiger partial charge on any atom is -0.302 e. The predicted octanol–water partition coefficient (Wildman–Crippen LogP) is 2.43. The molecule has 2 fully saturated rings. The van der Waals surface area contributed by atoms with E-state index in [0.29, 0.717) is 6.54 Å². The van der Waals surface area contributed by atoms with Crippen molar-refractivity contribution in [1.29, 1.82) is 0 Å². The Labute approximate surface area is 155 Å². The standard InChI is InChI=1S/C19H26N4O2S/c1-16-6-8-17(9-7-16)22-15-19(13-20-22)26(24,25)23-12-4-5-18(23)14-21-10-2-3-11-21/h6-9,13,15,18H,2-5,10-12,14H2,1H3. The van der Waals surface area contributed by atoms with Crippen LogP contribution in [0.1, 0.15) is 31.2 Å². The van der Waals surface area contributed by atoms with E-state index in [-0.39, 0.29) is 10.9 Å². The fourth-order valence-electron chi connectivity index (χ4n) is 3.98. The monoisotopic (exact) mass is 374 g/mol. The zero-order chi connectivity index (χ0) is 18.1. The van der Waals surface area contributed by atoms with Gasteiger partial charge in [-0.05, 0) is 57.8 Å². The van der Waals surface area contributed by atoms with Crippen LogP contribution < -0.4 is 0 Å². The van der Waals surface area contributed by atoms with Gasteiger partial charge in [0.1, 0.15) is 4.90 Å². The third-order valence-electron chi connectivity index (χ3n) is 5.45. The maximum Gasteiger partial charge on any atom is 0.246 e. The van der Waals surface area contributed by atoms with Gasteiger partial charge in [0.25, 0.3) is 0 Å². The molecular formula is C19H26N4O2S. The Morgan fingerprint density at radius 1 is 1.08 bits per heavy atom. The summed E-state index contributed by atoms with van der Waals surface area (Å²) in [5, 5.41) is 4.28. The van der Waals surface area contributed by atoms with Gasteiger partial charge in [-0.1, -0.05) is 17.7 Å². The van der Waals surface area contributed by atoms with Crippen LogP contribution in [0.5, 0.6) is 0 Å². The molecule has 7 heteroatoms. The van der Waals surface area contributed by atoms with Crippen molar-refractivity contribution in [2.75, 3.05) is 26.2 Å². The number of hydrogen-bond donors (Lipinski definition) is 0. The Morgan fingerprint density at radius 3 is 2.54 bits per heavy atom. The lowest BCUT2D eigenvalue weighted by Crippen LogP contribution is -2.42. The Bertz CT molecular complexity index is 854. The van der Waals surface area contributed by atoms with Crippen LogP contribution in [-0.2, 0) is 10.0 Å². The van der Waals surface area contributed by atoms with Crippen molar-refractivity contribution in [3.8, 4) is 5.69 Å². The number of benzene rings is 1. The molecule has 0 amide bonds. The lowest BCUT2D eigenvalue weighted by molar-refractivity contribution is 0.257. The predicted molar refractivity (Wildman–Crippen MR) is 101 cm³/mol. The van der Waals surface area contributed by atoms with Gasteiger partial charge in [-0.25, -0.2) is 13.1 Å². The lowest BCUT2D eigenvalue weighted by Gasteiger charge is -2.27. The lowest BCUT2D eigenvalue weighted by atomic mass is 10.2. The summed E-state index contributed by atoms with van der Waals surface area (Å²) in [5.41, 5.74) is 2.03. The van der Waals surface area contributed by atoms with Gasteiger partial charge in [0.2, 0.25) is 10.0 Å². The van der Waals surface area contributed by atoms with Crippen molar-refractivity contribution in [3.05, 3.63) is 42.2 Å². The van der Waals surface area contributed by atoms with Crippen LogP contribution in [0.3, 0.4) is 0 Å². The Balaban J connectivity index is 1.55. The fourth-order valence-corrected chi connectivity index (χ4v) is 5.60. The second-order valence-corrected chi connectivity index (χ2v) is 9.27. The molecule has 2 saturated heterocycles. The molecule has 4 rings (SSSR count). The normalized spacial score (nSPS) is 22.3. The third-order valence-corrected chi connectivity index (χ3v) is 7.36. The molecule has 3 heterocycles. The Hall–Kier alpha value is -1.70. The van der Waals surface area contributed by atoms with Crippen molar-refractivity contribution in [3.63, 3.8) is 0 Å². The van der Waals surface area contributed by atoms with E-state index in [0.717, 1.165) is 43.7 Å². The summed E-state index contributed by atoms with van der Waals surface area (Å²) >= 11 is 0. The molecule has 2 aliphatic heterocycles. The number of nitrogens with zero attached hydrogens (tertiary/aromatic N) is 4. The first-order valence-electron chi connectivity index (χ1n) is 9.40. The van der Waals surface area contributed by atoms with Gasteiger partial charge in [0, 0.05) is 19.1 Å². The first-order chi connectivity index (χ1) is 12.5. The zero-order valence-corrected chi connectivity index (χ0v) is 16.0. The van der Waals surface area contributed by atoms with Crippen molar-refractivity contribution in [2.45, 2.75) is 43.5 Å². The summed E-state index contributed by atoms with van der Waals surface area (Å²) in [6.07, 6.45) is 7.43. The molecule has 0 N–H and O–H groups in total. The quantitative estimate of drug-likeness (QED) is 0.807. The Morgan fingerprint density at radius 2 is 1.81 bits per heavy atom. The van der Waals surface area contributed by atoms with Crippen LogP contribution in [0.25, 0.3) is 5.69 Å². The summed E-state index contributed by atoms with van der Waals surface area (Å²) in [6, 6.07) is 7.98. The highest BCUT2D eigenvalue weighted by molar-refractivity contribution is 7.89. The Kier molecular flexibility index (Phi) is 4.86. The van der Waals surface area contributed by atoms with E-state index in [1.807, 2.05) is 31.2 Å². The average Bonchev–Trinajstić information content (AvgIpc) is 3.38. The molecule has 0 aliphatic carbocycles. The average molecular weight is 375 g/mol. The van der Waals surface area contributed by atoms with Gasteiger partial charge in [-0.2, -0.15) is 9.40 Å². The van der Waals surface area contributed by atoms with Crippen LogP contribution in [0.4, 0.5) is 0 Å². The van der Waals surface area contributed by atoms with Crippen molar-refractivity contribution >= 4 is 10.0 Å². The van der Waals surface area contributed by atoms with Gasteiger partial charge >= 0.3 is 0 Å². The molecule has 0 saturated carbocycles. The van der Waals surface area contributed by atoms with Crippen molar-refractivity contribution < 1.29 is 8.42 Å². The summed E-state index contributed by atoms with van der Waals surface area (Å²) in [4.78, 5) is 2.68. The molecule has 140 valence electrons. The number of aryl methyl sites for hydroxylation is 1. The first-order valence-corrected chi connectivity index (χ1v) is 10.8. The molecule has 0 radical (unpaired) electrons. The largest absolute Gasteiger partial charge is 0.302 e. The van der Waals surface area contributed by atoms with Crippen molar-refractivity contribution in [2.24, 2.45) is 0 Å². The topological polar surface area (TPSA) is 58.4 Å². The van der Waals surface area contributed by atoms with Crippen molar-refractivity contribution in [1.82, 2.24) is 19.0 Å². The molecule has 1 unspecified atom stereocenters. The van der Waals surface area contributed by atoms with E-state index in [9.17, 15) is 8.42 Å². The number of sulfonamides is 1. The number of rotatable bonds is 5. The molecule has 2 aliphatic rings. The van der Waals surface area contributed by atoms with E-state index in [4.69, 9.17) is 0 Å². The number of likely N-dealkylation sites (tertiary alicyclic amines) is 1. The SMILES string of the molecule is Cc1ccc(-n2cc(S(=O)(=O)N3CCCC3CN3CCCC3)cn2)cc1. The zero-order valence-electron chi connectivity index (χ0n) is 15.2. The third kappa shape index (κ3) is 3.43. The van der Waals surface area contributed by atoms with E-state index in [1.165, 1.54) is 19.0 Å². The molecule has 0 spiro atoms. The molecule has 6 nitrogen and oxygen atoms in total. The maximum atomic E-state index is 13.2. The molecule has 1 aromatic carbocycles. The van der Waals surface area contributed by atoms with E-state index >= 15 is 0 Å². The molecule has 2 aromatic rings.